The normalized spacial score (nSPS) is 13.6. The third-order valence-corrected chi connectivity index (χ3v) is 6.26. The third kappa shape index (κ3) is 9.26. The number of unbranched alkanes of at least 4 members (excludes halogenated alkanes) is 1. The Labute approximate surface area is 215 Å². The number of hydrogen-bond acceptors (Lipinski definition) is 3. The molecule has 1 aliphatic rings. The van der Waals surface area contributed by atoms with Crippen molar-refractivity contribution in [3.63, 3.8) is 0 Å². The van der Waals surface area contributed by atoms with Crippen LogP contribution in [0.25, 0.3) is 11.1 Å². The zero-order chi connectivity index (χ0) is 26.5. The van der Waals surface area contributed by atoms with Crippen LogP contribution >= 0.6 is 0 Å². The van der Waals surface area contributed by atoms with Crippen LogP contribution in [0.5, 0.6) is 0 Å². The smallest absolute Gasteiger partial charge is 0.319 e. The van der Waals surface area contributed by atoms with E-state index in [4.69, 9.17) is 0 Å². The molecule has 1 fully saturated rings. The highest BCUT2D eigenvalue weighted by atomic mass is 19.1. The highest BCUT2D eigenvalue weighted by Crippen LogP contribution is 2.33. The first kappa shape index (κ1) is 29.3. The Balaban J connectivity index is 0.000000572. The van der Waals surface area contributed by atoms with Crippen molar-refractivity contribution >= 4 is 11.9 Å². The molecule has 0 saturated carbocycles. The second-order valence-corrected chi connectivity index (χ2v) is 9.47. The maximum atomic E-state index is 14.6. The van der Waals surface area contributed by atoms with Crippen molar-refractivity contribution in [2.24, 2.45) is 0 Å². The summed E-state index contributed by atoms with van der Waals surface area (Å²) in [7, 11) is 1.83. The first-order valence-corrected chi connectivity index (χ1v) is 13.0. The molecule has 6 nitrogen and oxygen atoms in total. The largest absolute Gasteiger partial charge is 0.388 e. The summed E-state index contributed by atoms with van der Waals surface area (Å²) in [6.45, 7) is 8.68. The van der Waals surface area contributed by atoms with Gasteiger partial charge in [0.25, 0.3) is 0 Å². The van der Waals surface area contributed by atoms with E-state index >= 15 is 0 Å². The van der Waals surface area contributed by atoms with Crippen LogP contribution in [0.3, 0.4) is 0 Å². The Kier molecular flexibility index (Phi) is 12.4. The minimum Gasteiger partial charge on any atom is -0.388 e. The molecule has 2 aromatic rings. The Bertz CT molecular complexity index is 976. The van der Waals surface area contributed by atoms with Crippen LogP contribution in [-0.4, -0.2) is 60.1 Å². The van der Waals surface area contributed by atoms with Crippen LogP contribution in [0.1, 0.15) is 69.6 Å². The number of amides is 3. The second kappa shape index (κ2) is 15.2. The van der Waals surface area contributed by atoms with Gasteiger partial charge in [0.15, 0.2) is 0 Å². The minimum atomic E-state index is -0.735. The van der Waals surface area contributed by atoms with E-state index in [0.717, 1.165) is 62.9 Å². The Morgan fingerprint density at radius 3 is 2.44 bits per heavy atom. The quantitative estimate of drug-likeness (QED) is 0.436. The van der Waals surface area contributed by atoms with Crippen LogP contribution in [0.15, 0.2) is 42.5 Å². The number of aliphatic hydroxyl groups excluding tert-OH is 1. The summed E-state index contributed by atoms with van der Waals surface area (Å²) < 4.78 is 14.6. The number of hydrogen-bond donors (Lipinski definition) is 2. The summed E-state index contributed by atoms with van der Waals surface area (Å²) in [5.74, 6) is -0.259. The average molecular weight is 500 g/mol. The summed E-state index contributed by atoms with van der Waals surface area (Å²) in [6.07, 6.45) is 4.56. The van der Waals surface area contributed by atoms with E-state index in [1.54, 1.807) is 17.0 Å². The number of benzene rings is 2. The Hall–Kier alpha value is -2.93. The van der Waals surface area contributed by atoms with E-state index in [-0.39, 0.29) is 17.8 Å². The lowest BCUT2D eigenvalue weighted by Crippen LogP contribution is -2.39. The van der Waals surface area contributed by atoms with Gasteiger partial charge in [-0.1, -0.05) is 48.9 Å². The van der Waals surface area contributed by atoms with Gasteiger partial charge < -0.3 is 20.2 Å². The molecular weight excluding hydrogens is 457 g/mol. The van der Waals surface area contributed by atoms with Crippen molar-refractivity contribution in [3.05, 3.63) is 59.4 Å². The van der Waals surface area contributed by atoms with Crippen molar-refractivity contribution in [1.82, 2.24) is 15.1 Å². The number of carbonyl (C=O) groups is 2. The third-order valence-electron chi connectivity index (χ3n) is 6.26. The van der Waals surface area contributed by atoms with Gasteiger partial charge in [0.05, 0.1) is 6.10 Å². The van der Waals surface area contributed by atoms with E-state index in [2.05, 4.69) is 5.32 Å². The first-order valence-electron chi connectivity index (χ1n) is 13.0. The van der Waals surface area contributed by atoms with Crippen LogP contribution in [-0.2, 0) is 4.79 Å². The van der Waals surface area contributed by atoms with Crippen LogP contribution in [0.4, 0.5) is 9.18 Å². The highest BCUT2D eigenvalue weighted by Gasteiger charge is 2.21. The molecular formula is C29H42FN3O3. The first-order chi connectivity index (χ1) is 17.2. The van der Waals surface area contributed by atoms with Gasteiger partial charge in [-0.05, 0) is 62.6 Å². The molecule has 36 heavy (non-hydrogen) atoms. The molecule has 198 valence electrons. The number of urea groups is 1. The van der Waals surface area contributed by atoms with Crippen LogP contribution < -0.4 is 5.32 Å². The number of likely N-dealkylation sites (tertiary alicyclic amines) is 1. The summed E-state index contributed by atoms with van der Waals surface area (Å²) in [5, 5.41) is 13.4. The van der Waals surface area contributed by atoms with Crippen molar-refractivity contribution in [2.45, 2.75) is 65.4 Å². The molecule has 1 saturated heterocycles. The van der Waals surface area contributed by atoms with Gasteiger partial charge in [0.2, 0.25) is 5.91 Å². The SMILES string of the molecule is CCCNC(C)=O.Cc1cccc(-c2c(F)cccc2C(O)CCCCN(C)C(=O)N2CCCC2)c1. The van der Waals surface area contributed by atoms with E-state index < -0.39 is 6.10 Å². The Morgan fingerprint density at radius 2 is 1.83 bits per heavy atom. The summed E-state index contributed by atoms with van der Waals surface area (Å²) in [6, 6.07) is 12.7. The molecule has 1 aliphatic heterocycles. The average Bonchev–Trinajstić information content (AvgIpc) is 3.40. The molecule has 3 amide bonds. The fourth-order valence-corrected chi connectivity index (χ4v) is 4.31. The molecule has 0 spiro atoms. The van der Waals surface area contributed by atoms with Gasteiger partial charge in [-0.2, -0.15) is 0 Å². The molecule has 1 unspecified atom stereocenters. The number of carbonyl (C=O) groups excluding carboxylic acids is 2. The monoisotopic (exact) mass is 499 g/mol. The summed E-state index contributed by atoms with van der Waals surface area (Å²) >= 11 is 0. The number of rotatable bonds is 9. The number of nitrogens with zero attached hydrogens (tertiary/aromatic N) is 2. The number of halogens is 1. The lowest BCUT2D eigenvalue weighted by atomic mass is 9.92. The molecule has 0 radical (unpaired) electrons. The summed E-state index contributed by atoms with van der Waals surface area (Å²) in [4.78, 5) is 26.1. The van der Waals surface area contributed by atoms with Gasteiger partial charge in [0.1, 0.15) is 5.82 Å². The lowest BCUT2D eigenvalue weighted by molar-refractivity contribution is -0.118. The molecule has 2 aromatic carbocycles. The molecule has 1 heterocycles. The maximum Gasteiger partial charge on any atom is 0.319 e. The summed E-state index contributed by atoms with van der Waals surface area (Å²) in [5.41, 5.74) is 2.94. The van der Waals surface area contributed by atoms with E-state index in [1.807, 2.05) is 50.1 Å². The van der Waals surface area contributed by atoms with E-state index in [9.17, 15) is 19.1 Å². The van der Waals surface area contributed by atoms with Crippen LogP contribution in [0.2, 0.25) is 0 Å². The van der Waals surface area contributed by atoms with Crippen molar-refractivity contribution in [2.75, 3.05) is 33.2 Å². The molecule has 3 rings (SSSR count). The second-order valence-electron chi connectivity index (χ2n) is 9.47. The molecule has 2 N–H and O–H groups in total. The van der Waals surface area contributed by atoms with Gasteiger partial charge in [-0.3, -0.25) is 4.79 Å². The fourth-order valence-electron chi connectivity index (χ4n) is 4.31. The number of aryl methyl sites for hydroxylation is 1. The predicted molar refractivity (Wildman–Crippen MR) is 143 cm³/mol. The zero-order valence-electron chi connectivity index (χ0n) is 22.2. The van der Waals surface area contributed by atoms with Crippen molar-refractivity contribution in [3.8, 4) is 11.1 Å². The predicted octanol–water partition coefficient (Wildman–Crippen LogP) is 5.68. The fraction of sp³-hybridized carbons (Fsp3) is 0.517. The van der Waals surface area contributed by atoms with Crippen molar-refractivity contribution in [1.29, 1.82) is 0 Å². The van der Waals surface area contributed by atoms with Gasteiger partial charge in [-0.25, -0.2) is 9.18 Å². The molecule has 0 bridgehead atoms. The van der Waals surface area contributed by atoms with E-state index in [0.29, 0.717) is 24.1 Å². The lowest BCUT2D eigenvalue weighted by Gasteiger charge is -2.24. The zero-order valence-corrected chi connectivity index (χ0v) is 22.2. The van der Waals surface area contributed by atoms with Gasteiger partial charge >= 0.3 is 6.03 Å². The molecule has 7 heteroatoms. The number of aliphatic hydroxyl groups is 1. The maximum absolute atomic E-state index is 14.6. The van der Waals surface area contributed by atoms with Gasteiger partial charge in [0, 0.05) is 45.7 Å². The number of nitrogens with one attached hydrogen (secondary N) is 1. The molecule has 0 aliphatic carbocycles. The van der Waals surface area contributed by atoms with Crippen LogP contribution in [0, 0.1) is 12.7 Å². The Morgan fingerprint density at radius 1 is 1.14 bits per heavy atom. The molecule has 0 aromatic heterocycles. The van der Waals surface area contributed by atoms with Gasteiger partial charge in [-0.15, -0.1) is 0 Å². The minimum absolute atomic E-state index is 0.0573. The standard InChI is InChI=1S/C24H31FN2O2.C5H11NO/c1-18-9-7-10-19(17-18)23-20(11-8-12-21(23)25)22(28)13-3-4-14-26(2)24(29)27-15-5-6-16-27;1-3-4-6-5(2)7/h7-12,17,22,28H,3-6,13-16H2,1-2H3;3-4H2,1-2H3,(H,6,7). The van der Waals surface area contributed by atoms with E-state index in [1.165, 1.54) is 13.0 Å². The highest BCUT2D eigenvalue weighted by molar-refractivity contribution is 5.74. The van der Waals surface area contributed by atoms with Crippen molar-refractivity contribution < 1.29 is 19.1 Å². The molecule has 1 atom stereocenters. The topological polar surface area (TPSA) is 72.9 Å².